The number of carbonyl (C=O) groups is 2. The topological polar surface area (TPSA) is 66.8 Å². The summed E-state index contributed by atoms with van der Waals surface area (Å²) in [4.78, 5) is 26.0. The summed E-state index contributed by atoms with van der Waals surface area (Å²) in [6.45, 7) is 1.47. The Morgan fingerprint density at radius 1 is 1.27 bits per heavy atom. The minimum Gasteiger partial charge on any atom is -0.495 e. The van der Waals surface area contributed by atoms with Gasteiger partial charge in [0.1, 0.15) is 16.7 Å². The number of carboxylic acid groups (broad SMARTS) is 1. The maximum absolute atomic E-state index is 12.5. The quantitative estimate of drug-likeness (QED) is 0.920. The van der Waals surface area contributed by atoms with Crippen LogP contribution in [0, 0.1) is 0 Å². The molecule has 1 atom stereocenters. The number of rotatable bonds is 5. The molecule has 1 heterocycles. The van der Waals surface area contributed by atoms with Gasteiger partial charge >= 0.3 is 5.97 Å². The zero-order chi connectivity index (χ0) is 16.3. The maximum atomic E-state index is 12.5. The number of aliphatic carboxylic acids is 1. The van der Waals surface area contributed by atoms with Gasteiger partial charge < -0.3 is 14.7 Å². The van der Waals surface area contributed by atoms with E-state index >= 15 is 0 Å². The molecule has 0 radical (unpaired) electrons. The van der Waals surface area contributed by atoms with E-state index < -0.39 is 12.0 Å². The number of hydrogen-bond donors (Lipinski definition) is 1. The number of benzene rings is 1. The number of thiophene rings is 1. The fraction of sp³-hybridized carbons (Fsp3) is 0.250. The van der Waals surface area contributed by atoms with E-state index in [1.54, 1.807) is 6.07 Å². The predicted octanol–water partition coefficient (Wildman–Crippen LogP) is 2.97. The van der Waals surface area contributed by atoms with E-state index in [-0.39, 0.29) is 5.91 Å². The molecule has 1 N–H and O–H groups in total. The van der Waals surface area contributed by atoms with Crippen LogP contribution >= 0.6 is 11.3 Å². The molecule has 1 amide bonds. The Kier molecular flexibility index (Phi) is 4.82. The highest BCUT2D eigenvalue weighted by Crippen LogP contribution is 2.36. The van der Waals surface area contributed by atoms with Gasteiger partial charge in [0.2, 0.25) is 0 Å². The van der Waals surface area contributed by atoms with Crippen LogP contribution in [0.15, 0.2) is 36.4 Å². The summed E-state index contributed by atoms with van der Waals surface area (Å²) in [6.07, 6.45) is 0. The van der Waals surface area contributed by atoms with Crippen molar-refractivity contribution >= 4 is 23.2 Å². The summed E-state index contributed by atoms with van der Waals surface area (Å²) < 4.78 is 5.27. The molecule has 1 aromatic carbocycles. The van der Waals surface area contributed by atoms with E-state index in [1.807, 2.05) is 30.3 Å². The van der Waals surface area contributed by atoms with Gasteiger partial charge in [0.25, 0.3) is 5.91 Å². The van der Waals surface area contributed by atoms with Crippen molar-refractivity contribution in [2.24, 2.45) is 0 Å². The molecule has 0 bridgehead atoms. The van der Waals surface area contributed by atoms with Crippen molar-refractivity contribution in [3.05, 3.63) is 41.3 Å². The first-order valence-electron chi connectivity index (χ1n) is 6.69. The summed E-state index contributed by atoms with van der Waals surface area (Å²) in [5, 5.41) is 9.04. The lowest BCUT2D eigenvalue weighted by Gasteiger charge is -2.21. The summed E-state index contributed by atoms with van der Waals surface area (Å²) in [6, 6.07) is 10.5. The number of amides is 1. The van der Waals surface area contributed by atoms with Crippen molar-refractivity contribution < 1.29 is 19.4 Å². The lowest BCUT2D eigenvalue weighted by molar-refractivity contribution is -0.141. The minimum atomic E-state index is -1.05. The van der Waals surface area contributed by atoms with Crippen LogP contribution < -0.4 is 4.74 Å². The Hall–Kier alpha value is -2.34. The van der Waals surface area contributed by atoms with Crippen LogP contribution in [-0.2, 0) is 4.79 Å². The molecule has 2 rings (SSSR count). The average Bonchev–Trinajstić information content (AvgIpc) is 2.97. The Labute approximate surface area is 132 Å². The highest BCUT2D eigenvalue weighted by molar-refractivity contribution is 7.17. The molecule has 1 unspecified atom stereocenters. The van der Waals surface area contributed by atoms with E-state index in [1.165, 1.54) is 37.3 Å². The van der Waals surface area contributed by atoms with Gasteiger partial charge in [-0.3, -0.25) is 4.79 Å². The second kappa shape index (κ2) is 6.62. The largest absolute Gasteiger partial charge is 0.495 e. The number of carbonyl (C=O) groups excluding carboxylic acids is 1. The fourth-order valence-corrected chi connectivity index (χ4v) is 3.04. The first-order valence-corrected chi connectivity index (χ1v) is 7.50. The number of hydrogen-bond acceptors (Lipinski definition) is 4. The zero-order valence-electron chi connectivity index (χ0n) is 12.6. The predicted molar refractivity (Wildman–Crippen MR) is 85.5 cm³/mol. The van der Waals surface area contributed by atoms with Gasteiger partial charge in [-0.2, -0.15) is 0 Å². The van der Waals surface area contributed by atoms with Crippen LogP contribution in [0.2, 0.25) is 0 Å². The number of carboxylic acids is 1. The molecule has 116 valence electrons. The Balaban J connectivity index is 2.37. The number of methoxy groups -OCH3 is 1. The van der Waals surface area contributed by atoms with Crippen LogP contribution in [0.1, 0.15) is 16.6 Å². The molecule has 22 heavy (non-hydrogen) atoms. The van der Waals surface area contributed by atoms with Crippen LogP contribution in [0.5, 0.6) is 5.75 Å². The molecule has 2 aromatic rings. The van der Waals surface area contributed by atoms with Gasteiger partial charge in [0.05, 0.1) is 7.11 Å². The molecular weight excluding hydrogens is 302 g/mol. The maximum Gasteiger partial charge on any atom is 0.326 e. The van der Waals surface area contributed by atoms with E-state index in [0.717, 1.165) is 10.4 Å². The second-order valence-electron chi connectivity index (χ2n) is 4.80. The van der Waals surface area contributed by atoms with Crippen LogP contribution in [-0.4, -0.2) is 42.1 Å². The Morgan fingerprint density at radius 2 is 1.91 bits per heavy atom. The highest BCUT2D eigenvalue weighted by Gasteiger charge is 2.27. The van der Waals surface area contributed by atoms with Gasteiger partial charge in [-0.1, -0.05) is 30.3 Å². The molecule has 5 nitrogen and oxygen atoms in total. The highest BCUT2D eigenvalue weighted by atomic mass is 32.1. The van der Waals surface area contributed by atoms with Crippen LogP contribution in [0.3, 0.4) is 0 Å². The average molecular weight is 319 g/mol. The molecule has 0 aliphatic heterocycles. The number of ether oxygens (including phenoxy) is 1. The first-order chi connectivity index (χ1) is 10.5. The van der Waals surface area contributed by atoms with E-state index in [9.17, 15) is 9.59 Å². The Bertz CT molecular complexity index is 681. The summed E-state index contributed by atoms with van der Waals surface area (Å²) in [7, 11) is 2.97. The van der Waals surface area contributed by atoms with Gasteiger partial charge in [0, 0.05) is 11.9 Å². The molecule has 1 aromatic heterocycles. The number of likely N-dealkylation sites (N-methyl/N-ethyl adjacent to an activating group) is 1. The minimum absolute atomic E-state index is 0.362. The van der Waals surface area contributed by atoms with Gasteiger partial charge in [-0.05, 0) is 18.6 Å². The van der Waals surface area contributed by atoms with Crippen molar-refractivity contribution in [2.45, 2.75) is 13.0 Å². The van der Waals surface area contributed by atoms with Crippen molar-refractivity contribution in [3.8, 4) is 16.2 Å². The van der Waals surface area contributed by atoms with Crippen molar-refractivity contribution in [1.82, 2.24) is 4.90 Å². The monoisotopic (exact) mass is 319 g/mol. The van der Waals surface area contributed by atoms with Crippen LogP contribution in [0.25, 0.3) is 10.4 Å². The lowest BCUT2D eigenvalue weighted by Crippen LogP contribution is -2.40. The second-order valence-corrected chi connectivity index (χ2v) is 5.86. The van der Waals surface area contributed by atoms with Gasteiger partial charge in [-0.25, -0.2) is 4.79 Å². The third-order valence-electron chi connectivity index (χ3n) is 3.43. The summed E-state index contributed by atoms with van der Waals surface area (Å²) in [5.41, 5.74) is 0.985. The molecule has 0 spiro atoms. The zero-order valence-corrected chi connectivity index (χ0v) is 13.4. The van der Waals surface area contributed by atoms with Gasteiger partial charge in [0.15, 0.2) is 0 Å². The third kappa shape index (κ3) is 3.12. The SMILES string of the molecule is COc1cc(-c2ccccc2)sc1C(=O)N(C)C(C)C(=O)O. The smallest absolute Gasteiger partial charge is 0.326 e. The van der Waals surface area contributed by atoms with E-state index in [0.29, 0.717) is 10.6 Å². The molecule has 0 aliphatic rings. The fourth-order valence-electron chi connectivity index (χ4n) is 1.92. The van der Waals surface area contributed by atoms with E-state index in [2.05, 4.69) is 0 Å². The standard InChI is InChI=1S/C16H17NO4S/c1-10(16(19)20)17(2)15(18)14-12(21-3)9-13(22-14)11-7-5-4-6-8-11/h4-10H,1-3H3,(H,19,20). The molecule has 6 heteroatoms. The van der Waals surface area contributed by atoms with E-state index in [4.69, 9.17) is 9.84 Å². The lowest BCUT2D eigenvalue weighted by atomic mass is 10.2. The molecular formula is C16H17NO4S. The normalized spacial score (nSPS) is 11.8. The Morgan fingerprint density at radius 3 is 2.45 bits per heavy atom. The summed E-state index contributed by atoms with van der Waals surface area (Å²) in [5.74, 6) is -0.952. The summed E-state index contributed by atoms with van der Waals surface area (Å²) >= 11 is 1.29. The van der Waals surface area contributed by atoms with Crippen molar-refractivity contribution in [2.75, 3.05) is 14.2 Å². The molecule has 0 saturated heterocycles. The third-order valence-corrected chi connectivity index (χ3v) is 4.58. The molecule has 0 fully saturated rings. The first kappa shape index (κ1) is 16.0. The number of nitrogens with zero attached hydrogens (tertiary/aromatic N) is 1. The van der Waals surface area contributed by atoms with Crippen molar-refractivity contribution in [3.63, 3.8) is 0 Å². The van der Waals surface area contributed by atoms with Gasteiger partial charge in [-0.15, -0.1) is 11.3 Å². The molecule has 0 saturated carbocycles. The molecule has 0 aliphatic carbocycles. The van der Waals surface area contributed by atoms with Crippen molar-refractivity contribution in [1.29, 1.82) is 0 Å². The van der Waals surface area contributed by atoms with Crippen LogP contribution in [0.4, 0.5) is 0 Å².